The molecule has 3 heteroatoms. The summed E-state index contributed by atoms with van der Waals surface area (Å²) in [4.78, 5) is 0. The Labute approximate surface area is 109 Å². The minimum absolute atomic E-state index is 0.198. The van der Waals surface area contributed by atoms with Crippen LogP contribution in [0.15, 0.2) is 42.5 Å². The number of aliphatic hydroxyl groups excluding tert-OH is 2. The van der Waals surface area contributed by atoms with Crippen molar-refractivity contribution in [2.24, 2.45) is 5.92 Å². The van der Waals surface area contributed by atoms with Gasteiger partial charge in [0.15, 0.2) is 0 Å². The van der Waals surface area contributed by atoms with Crippen molar-refractivity contribution >= 4 is 0 Å². The fourth-order valence-electron chi connectivity index (χ4n) is 1.50. The molecule has 100 valence electrons. The predicted molar refractivity (Wildman–Crippen MR) is 72.1 cm³/mol. The molecule has 1 rings (SSSR count). The first kappa shape index (κ1) is 14.9. The number of rotatable bonds is 7. The van der Waals surface area contributed by atoms with Crippen molar-refractivity contribution in [1.29, 1.82) is 0 Å². The molecule has 0 saturated heterocycles. The molecule has 0 amide bonds. The summed E-state index contributed by atoms with van der Waals surface area (Å²) in [6.07, 6.45) is 2.22. The highest BCUT2D eigenvalue weighted by molar-refractivity contribution is 5.13. The molecule has 2 N–H and O–H groups in total. The van der Waals surface area contributed by atoms with Gasteiger partial charge < -0.3 is 14.9 Å². The van der Waals surface area contributed by atoms with Crippen LogP contribution in [0.3, 0.4) is 0 Å². The van der Waals surface area contributed by atoms with E-state index in [0.717, 1.165) is 5.56 Å². The molecule has 0 aliphatic heterocycles. The Morgan fingerprint density at radius 2 is 1.83 bits per heavy atom. The van der Waals surface area contributed by atoms with E-state index in [0.29, 0.717) is 12.5 Å². The maximum atomic E-state index is 9.86. The largest absolute Gasteiger partial charge is 0.394 e. The molecule has 3 nitrogen and oxygen atoms in total. The van der Waals surface area contributed by atoms with Crippen molar-refractivity contribution < 1.29 is 14.9 Å². The fraction of sp³-hybridized carbons (Fsp3) is 0.467. The number of hydrogen-bond donors (Lipinski definition) is 2. The molecule has 0 fully saturated rings. The van der Waals surface area contributed by atoms with Gasteiger partial charge in [0.25, 0.3) is 0 Å². The third-order valence-electron chi connectivity index (χ3n) is 2.56. The van der Waals surface area contributed by atoms with Crippen LogP contribution in [0.2, 0.25) is 0 Å². The topological polar surface area (TPSA) is 49.7 Å². The van der Waals surface area contributed by atoms with Gasteiger partial charge in [-0.05, 0) is 11.5 Å². The van der Waals surface area contributed by atoms with Crippen LogP contribution in [0, 0.1) is 5.92 Å². The number of aliphatic hydroxyl groups is 2. The molecule has 0 aliphatic rings. The van der Waals surface area contributed by atoms with Crippen molar-refractivity contribution in [1.82, 2.24) is 0 Å². The van der Waals surface area contributed by atoms with Gasteiger partial charge in [-0.25, -0.2) is 0 Å². The summed E-state index contributed by atoms with van der Waals surface area (Å²) in [6.45, 7) is 4.25. The van der Waals surface area contributed by atoms with Crippen molar-refractivity contribution in [3.8, 4) is 0 Å². The predicted octanol–water partition coefficient (Wildman–Crippen LogP) is 2.14. The molecule has 2 atom stereocenters. The third kappa shape index (κ3) is 5.45. The molecule has 0 heterocycles. The molecule has 0 saturated carbocycles. The molecule has 0 unspecified atom stereocenters. The Hall–Kier alpha value is -1.16. The lowest BCUT2D eigenvalue weighted by atomic mass is 10.1. The third-order valence-corrected chi connectivity index (χ3v) is 2.56. The van der Waals surface area contributed by atoms with Gasteiger partial charge in [-0.1, -0.05) is 56.3 Å². The zero-order valence-electron chi connectivity index (χ0n) is 11.0. The van der Waals surface area contributed by atoms with Crippen molar-refractivity contribution in [2.75, 3.05) is 6.61 Å². The highest BCUT2D eigenvalue weighted by Crippen LogP contribution is 2.08. The number of ether oxygens (including phenoxy) is 1. The minimum Gasteiger partial charge on any atom is -0.394 e. The van der Waals surface area contributed by atoms with Crippen molar-refractivity contribution in [3.63, 3.8) is 0 Å². The van der Waals surface area contributed by atoms with Gasteiger partial charge in [-0.15, -0.1) is 0 Å². The first-order valence-electron chi connectivity index (χ1n) is 6.26. The first-order valence-corrected chi connectivity index (χ1v) is 6.26. The molecule has 0 bridgehead atoms. The maximum Gasteiger partial charge on any atom is 0.110 e. The van der Waals surface area contributed by atoms with Gasteiger partial charge in [0.1, 0.15) is 12.2 Å². The lowest BCUT2D eigenvalue weighted by molar-refractivity contribution is -0.0541. The molecule has 1 aromatic carbocycles. The summed E-state index contributed by atoms with van der Waals surface area (Å²) in [7, 11) is 0. The van der Waals surface area contributed by atoms with Crippen LogP contribution in [0.25, 0.3) is 0 Å². The zero-order chi connectivity index (χ0) is 13.4. The van der Waals surface area contributed by atoms with Crippen LogP contribution in [0.4, 0.5) is 0 Å². The summed E-state index contributed by atoms with van der Waals surface area (Å²) in [5.41, 5.74) is 1.02. The normalized spacial score (nSPS) is 15.2. The van der Waals surface area contributed by atoms with Crippen LogP contribution in [0.1, 0.15) is 19.4 Å². The number of hydrogen-bond acceptors (Lipinski definition) is 3. The van der Waals surface area contributed by atoms with Crippen LogP contribution in [-0.4, -0.2) is 29.0 Å². The lowest BCUT2D eigenvalue weighted by Gasteiger charge is -2.19. The van der Waals surface area contributed by atoms with Gasteiger partial charge in [0.2, 0.25) is 0 Å². The average molecular weight is 250 g/mol. The second-order valence-corrected chi connectivity index (χ2v) is 4.64. The van der Waals surface area contributed by atoms with E-state index in [2.05, 4.69) is 0 Å². The van der Waals surface area contributed by atoms with Crippen LogP contribution in [0.5, 0.6) is 0 Å². The summed E-state index contributed by atoms with van der Waals surface area (Å²) >= 11 is 0. The van der Waals surface area contributed by atoms with E-state index in [1.54, 1.807) is 6.08 Å². The van der Waals surface area contributed by atoms with E-state index in [1.165, 1.54) is 0 Å². The molecule has 0 radical (unpaired) electrons. The average Bonchev–Trinajstić information content (AvgIpc) is 2.38. The lowest BCUT2D eigenvalue weighted by Crippen LogP contribution is -2.30. The molecule has 0 aliphatic carbocycles. The smallest absolute Gasteiger partial charge is 0.110 e. The Balaban J connectivity index is 2.46. The van der Waals surface area contributed by atoms with Gasteiger partial charge in [-0.3, -0.25) is 0 Å². The minimum atomic E-state index is -0.777. The molecule has 18 heavy (non-hydrogen) atoms. The van der Waals surface area contributed by atoms with E-state index in [-0.39, 0.29) is 6.61 Å². The number of allylic oxidation sites excluding steroid dienone is 1. The van der Waals surface area contributed by atoms with E-state index < -0.39 is 12.2 Å². The van der Waals surface area contributed by atoms with Crippen LogP contribution < -0.4 is 0 Å². The standard InChI is InChI=1S/C15H22O3/c1-12(2)8-9-14(17)15(10-16)18-11-13-6-4-3-5-7-13/h3-9,12,14-17H,10-11H2,1-2H3/b9-8+/t14-,15-/m0/s1. The molecule has 0 spiro atoms. The van der Waals surface area contributed by atoms with Crippen molar-refractivity contribution in [3.05, 3.63) is 48.0 Å². The highest BCUT2D eigenvalue weighted by Gasteiger charge is 2.16. The van der Waals surface area contributed by atoms with E-state index in [1.807, 2.05) is 50.3 Å². The summed E-state index contributed by atoms with van der Waals surface area (Å²) in [5.74, 6) is 0.369. The molecular formula is C15H22O3. The highest BCUT2D eigenvalue weighted by atomic mass is 16.5. The Morgan fingerprint density at radius 3 is 2.39 bits per heavy atom. The van der Waals surface area contributed by atoms with Gasteiger partial charge in [0.05, 0.1) is 13.2 Å². The van der Waals surface area contributed by atoms with E-state index in [9.17, 15) is 10.2 Å². The molecule has 0 aromatic heterocycles. The summed E-state index contributed by atoms with van der Waals surface area (Å²) < 4.78 is 5.52. The summed E-state index contributed by atoms with van der Waals surface area (Å²) in [5, 5.41) is 19.1. The van der Waals surface area contributed by atoms with E-state index >= 15 is 0 Å². The Bertz CT molecular complexity index is 346. The van der Waals surface area contributed by atoms with Crippen LogP contribution >= 0.6 is 0 Å². The fourth-order valence-corrected chi connectivity index (χ4v) is 1.50. The Morgan fingerprint density at radius 1 is 1.17 bits per heavy atom. The second-order valence-electron chi connectivity index (χ2n) is 4.64. The summed E-state index contributed by atoms with van der Waals surface area (Å²) in [6, 6.07) is 9.70. The van der Waals surface area contributed by atoms with Gasteiger partial charge in [0, 0.05) is 0 Å². The van der Waals surface area contributed by atoms with E-state index in [4.69, 9.17) is 4.74 Å². The first-order chi connectivity index (χ1) is 8.63. The zero-order valence-corrected chi connectivity index (χ0v) is 11.0. The quantitative estimate of drug-likeness (QED) is 0.729. The maximum absolute atomic E-state index is 9.86. The Kier molecular flexibility index (Phi) is 6.65. The van der Waals surface area contributed by atoms with Gasteiger partial charge in [-0.2, -0.15) is 0 Å². The second kappa shape index (κ2) is 8.03. The van der Waals surface area contributed by atoms with Gasteiger partial charge >= 0.3 is 0 Å². The van der Waals surface area contributed by atoms with Crippen LogP contribution in [-0.2, 0) is 11.3 Å². The molecule has 1 aromatic rings. The van der Waals surface area contributed by atoms with Crippen molar-refractivity contribution in [2.45, 2.75) is 32.7 Å². The monoisotopic (exact) mass is 250 g/mol. The molecular weight excluding hydrogens is 228 g/mol. The number of benzene rings is 1. The SMILES string of the molecule is CC(C)/C=C/[C@H](O)[C@H](CO)OCc1ccccc1.